The first-order chi connectivity index (χ1) is 9.92. The Morgan fingerprint density at radius 2 is 1.81 bits per heavy atom. The molecule has 0 saturated heterocycles. The number of aryl methyl sites for hydroxylation is 2. The number of hydrogen-bond donors (Lipinski definition) is 2. The Hall–Kier alpha value is -1.55. The van der Waals surface area contributed by atoms with Gasteiger partial charge in [-0.25, -0.2) is 0 Å². The predicted octanol–water partition coefficient (Wildman–Crippen LogP) is 3.26. The molecule has 21 heavy (non-hydrogen) atoms. The van der Waals surface area contributed by atoms with Crippen molar-refractivity contribution in [3.05, 3.63) is 22.8 Å². The summed E-state index contributed by atoms with van der Waals surface area (Å²) in [5, 5.41) is 19.8. The van der Waals surface area contributed by atoms with E-state index in [1.807, 2.05) is 13.0 Å². The molecule has 0 aromatic heterocycles. The Morgan fingerprint density at radius 3 is 2.29 bits per heavy atom. The number of carbonyl (C=O) groups is 1. The lowest BCUT2D eigenvalue weighted by Gasteiger charge is -2.19. The van der Waals surface area contributed by atoms with Crippen LogP contribution in [0.25, 0.3) is 0 Å². The van der Waals surface area contributed by atoms with Gasteiger partial charge in [0.25, 0.3) is 0 Å². The maximum Gasteiger partial charge on any atom is 0.167 e. The number of hydrogen-bond acceptors (Lipinski definition) is 4. The number of carbonyl (C=O) groups excluding carboxylic acids is 1. The number of Topliss-reactive ketones (excluding diaryl/α,β-unsaturated/α-hetero) is 1. The van der Waals surface area contributed by atoms with E-state index in [4.69, 9.17) is 4.74 Å². The minimum Gasteiger partial charge on any atom is -0.507 e. The number of phenols is 1. The number of aromatic hydroxyl groups is 1. The molecule has 0 bridgehead atoms. The van der Waals surface area contributed by atoms with Crippen molar-refractivity contribution >= 4 is 5.78 Å². The molecular formula is C17H26O4. The number of benzene rings is 1. The van der Waals surface area contributed by atoms with Gasteiger partial charge in [0.1, 0.15) is 23.7 Å². The predicted molar refractivity (Wildman–Crippen MR) is 83.3 cm³/mol. The van der Waals surface area contributed by atoms with Crippen LogP contribution in [0.15, 0.2) is 6.07 Å². The van der Waals surface area contributed by atoms with Crippen LogP contribution < -0.4 is 4.74 Å². The molecule has 4 heteroatoms. The van der Waals surface area contributed by atoms with Crippen LogP contribution in [0.4, 0.5) is 0 Å². The highest BCUT2D eigenvalue weighted by Crippen LogP contribution is 2.37. The van der Waals surface area contributed by atoms with E-state index in [2.05, 4.69) is 6.92 Å². The van der Waals surface area contributed by atoms with E-state index in [9.17, 15) is 15.0 Å². The molecule has 2 N–H and O–H groups in total. The fraction of sp³-hybridized carbons (Fsp3) is 0.588. The first-order valence-corrected chi connectivity index (χ1v) is 7.61. The van der Waals surface area contributed by atoms with Gasteiger partial charge in [0.05, 0.1) is 6.10 Å². The summed E-state index contributed by atoms with van der Waals surface area (Å²) in [5.41, 5.74) is 1.95. The molecule has 1 aromatic carbocycles. The molecule has 0 radical (unpaired) electrons. The van der Waals surface area contributed by atoms with Crippen molar-refractivity contribution in [1.82, 2.24) is 0 Å². The molecule has 118 valence electrons. The van der Waals surface area contributed by atoms with Crippen LogP contribution in [0.5, 0.6) is 11.5 Å². The zero-order valence-electron chi connectivity index (χ0n) is 13.4. The summed E-state index contributed by atoms with van der Waals surface area (Å²) >= 11 is 0. The van der Waals surface area contributed by atoms with Gasteiger partial charge in [-0.15, -0.1) is 0 Å². The molecule has 0 saturated carbocycles. The van der Waals surface area contributed by atoms with Crippen molar-refractivity contribution in [3.8, 4) is 11.5 Å². The van der Waals surface area contributed by atoms with E-state index in [1.54, 1.807) is 6.92 Å². The van der Waals surface area contributed by atoms with E-state index >= 15 is 0 Å². The third-order valence-corrected chi connectivity index (χ3v) is 3.27. The molecule has 4 nitrogen and oxygen atoms in total. The smallest absolute Gasteiger partial charge is 0.167 e. The van der Waals surface area contributed by atoms with Gasteiger partial charge in [-0.05, 0) is 43.9 Å². The third kappa shape index (κ3) is 4.46. The number of aliphatic hydroxyl groups excluding tert-OH is 1. The van der Waals surface area contributed by atoms with Gasteiger partial charge in [-0.1, -0.05) is 26.7 Å². The molecule has 0 amide bonds. The second-order valence-corrected chi connectivity index (χ2v) is 5.46. The van der Waals surface area contributed by atoms with Gasteiger partial charge < -0.3 is 14.9 Å². The van der Waals surface area contributed by atoms with Crippen molar-refractivity contribution in [2.24, 2.45) is 0 Å². The van der Waals surface area contributed by atoms with E-state index in [0.29, 0.717) is 5.75 Å². The molecule has 0 fully saturated rings. The number of phenolic OH excluding ortho intramolecular Hbond substituents is 1. The zero-order chi connectivity index (χ0) is 16.0. The molecule has 0 heterocycles. The van der Waals surface area contributed by atoms with Crippen molar-refractivity contribution in [1.29, 1.82) is 0 Å². The lowest BCUT2D eigenvalue weighted by molar-refractivity contribution is 0.0990. The summed E-state index contributed by atoms with van der Waals surface area (Å²) in [5.74, 6) is 0.218. The van der Waals surface area contributed by atoms with Gasteiger partial charge in [0.2, 0.25) is 0 Å². The van der Waals surface area contributed by atoms with Crippen molar-refractivity contribution in [2.75, 3.05) is 6.61 Å². The molecule has 0 spiro atoms. The molecule has 0 aliphatic rings. The molecule has 1 rings (SSSR count). The number of aliphatic hydroxyl groups is 1. The second kappa shape index (κ2) is 8.03. The number of ether oxygens (including phenoxy) is 1. The van der Waals surface area contributed by atoms with Gasteiger partial charge in [0, 0.05) is 0 Å². The number of rotatable bonds is 8. The van der Waals surface area contributed by atoms with Crippen LogP contribution >= 0.6 is 0 Å². The average molecular weight is 294 g/mol. The minimum absolute atomic E-state index is 0.0183. The fourth-order valence-corrected chi connectivity index (χ4v) is 2.38. The highest BCUT2D eigenvalue weighted by molar-refractivity contribution is 6.00. The molecule has 0 aliphatic carbocycles. The van der Waals surface area contributed by atoms with Gasteiger partial charge in [-0.2, -0.15) is 0 Å². The Labute approximate surface area is 126 Å². The van der Waals surface area contributed by atoms with E-state index in [1.165, 1.54) is 6.92 Å². The first kappa shape index (κ1) is 17.5. The van der Waals surface area contributed by atoms with Crippen LogP contribution in [-0.4, -0.2) is 28.7 Å². The summed E-state index contributed by atoms with van der Waals surface area (Å²) in [6.45, 7) is 7.24. The minimum atomic E-state index is -0.628. The largest absolute Gasteiger partial charge is 0.507 e. The topological polar surface area (TPSA) is 66.8 Å². The molecule has 0 aliphatic heterocycles. The Bertz CT molecular complexity index is 492. The van der Waals surface area contributed by atoms with Crippen LogP contribution in [-0.2, 0) is 12.8 Å². The summed E-state index contributed by atoms with van der Waals surface area (Å²) in [7, 11) is 0. The SMILES string of the molecule is CCCc1cc(CCC)c(OCC(C)O)c(C(C)=O)c1O. The molecule has 1 unspecified atom stereocenters. The lowest BCUT2D eigenvalue weighted by Crippen LogP contribution is -2.16. The highest BCUT2D eigenvalue weighted by Gasteiger charge is 2.22. The van der Waals surface area contributed by atoms with Crippen molar-refractivity contribution in [2.45, 2.75) is 59.5 Å². The van der Waals surface area contributed by atoms with E-state index < -0.39 is 6.10 Å². The normalized spacial score (nSPS) is 12.2. The zero-order valence-corrected chi connectivity index (χ0v) is 13.4. The summed E-state index contributed by atoms with van der Waals surface area (Å²) in [6, 6.07) is 1.92. The van der Waals surface area contributed by atoms with E-state index in [-0.39, 0.29) is 23.7 Å². The van der Waals surface area contributed by atoms with Crippen LogP contribution in [0.3, 0.4) is 0 Å². The monoisotopic (exact) mass is 294 g/mol. The summed E-state index contributed by atoms with van der Waals surface area (Å²) in [4.78, 5) is 11.9. The number of ketones is 1. The lowest BCUT2D eigenvalue weighted by atomic mass is 9.95. The maximum atomic E-state index is 11.9. The van der Waals surface area contributed by atoms with Gasteiger partial charge >= 0.3 is 0 Å². The van der Waals surface area contributed by atoms with Crippen LogP contribution in [0.2, 0.25) is 0 Å². The quantitative estimate of drug-likeness (QED) is 0.722. The van der Waals surface area contributed by atoms with E-state index in [0.717, 1.165) is 36.8 Å². The standard InChI is InChI=1S/C17H26O4/c1-5-7-13-9-14(8-6-2)17(21-10-11(3)18)15(12(4)19)16(13)20/h9,11,18,20H,5-8,10H2,1-4H3. The van der Waals surface area contributed by atoms with Gasteiger partial charge in [0.15, 0.2) is 5.78 Å². The second-order valence-electron chi connectivity index (χ2n) is 5.46. The average Bonchev–Trinajstić information content (AvgIpc) is 2.40. The molecule has 1 atom stereocenters. The fourth-order valence-electron chi connectivity index (χ4n) is 2.38. The summed E-state index contributed by atoms with van der Waals surface area (Å²) < 4.78 is 5.63. The highest BCUT2D eigenvalue weighted by atomic mass is 16.5. The van der Waals surface area contributed by atoms with Crippen LogP contribution in [0, 0.1) is 0 Å². The van der Waals surface area contributed by atoms with Crippen LogP contribution in [0.1, 0.15) is 62.0 Å². The Morgan fingerprint density at radius 1 is 1.24 bits per heavy atom. The first-order valence-electron chi connectivity index (χ1n) is 7.61. The van der Waals surface area contributed by atoms with Gasteiger partial charge in [-0.3, -0.25) is 4.79 Å². The summed E-state index contributed by atoms with van der Waals surface area (Å²) in [6.07, 6.45) is 2.67. The Kier molecular flexibility index (Phi) is 6.69. The van der Waals surface area contributed by atoms with Crippen molar-refractivity contribution in [3.63, 3.8) is 0 Å². The third-order valence-electron chi connectivity index (χ3n) is 3.27. The Balaban J connectivity index is 3.40. The molecule has 1 aromatic rings. The molecular weight excluding hydrogens is 268 g/mol. The maximum absolute atomic E-state index is 11.9. The van der Waals surface area contributed by atoms with Crippen molar-refractivity contribution < 1.29 is 19.7 Å².